The van der Waals surface area contributed by atoms with Crippen LogP contribution in [0, 0.1) is 0 Å². The molecule has 1 aliphatic rings. The van der Waals surface area contributed by atoms with E-state index in [1.54, 1.807) is 0 Å². The van der Waals surface area contributed by atoms with E-state index in [1.807, 2.05) is 0 Å². The van der Waals surface area contributed by atoms with Crippen LogP contribution in [0.1, 0.15) is 45.1 Å². The molecule has 1 atom stereocenters. The van der Waals surface area contributed by atoms with Crippen molar-refractivity contribution in [3.8, 4) is 5.75 Å². The fourth-order valence-corrected chi connectivity index (χ4v) is 2.96. The van der Waals surface area contributed by atoms with E-state index in [0.717, 1.165) is 31.9 Å². The van der Waals surface area contributed by atoms with Crippen molar-refractivity contribution in [3.63, 3.8) is 0 Å². The molecule has 2 rings (SSSR count). The molecule has 1 fully saturated rings. The first-order valence-electron chi connectivity index (χ1n) is 7.25. The van der Waals surface area contributed by atoms with Crippen LogP contribution in [0.2, 0.25) is 0 Å². The number of rotatable bonds is 6. The summed E-state index contributed by atoms with van der Waals surface area (Å²) in [6, 6.07) is 8.72. The SMILES string of the molecule is CCCOc1cccc([C@@]2(CCC)CCNC2)c1. The van der Waals surface area contributed by atoms with E-state index in [2.05, 4.69) is 43.4 Å². The van der Waals surface area contributed by atoms with Gasteiger partial charge >= 0.3 is 0 Å². The monoisotopic (exact) mass is 247 g/mol. The topological polar surface area (TPSA) is 21.3 Å². The number of ether oxygens (including phenoxy) is 1. The van der Waals surface area contributed by atoms with E-state index >= 15 is 0 Å². The van der Waals surface area contributed by atoms with Crippen LogP contribution in [-0.4, -0.2) is 19.7 Å². The van der Waals surface area contributed by atoms with Gasteiger partial charge in [-0.05, 0) is 43.5 Å². The van der Waals surface area contributed by atoms with Gasteiger partial charge in [0.05, 0.1) is 6.61 Å². The van der Waals surface area contributed by atoms with Crippen molar-refractivity contribution in [2.75, 3.05) is 19.7 Å². The minimum Gasteiger partial charge on any atom is -0.494 e. The Kier molecular flexibility index (Phi) is 4.65. The Bertz CT molecular complexity index is 369. The Morgan fingerprint density at radius 1 is 1.28 bits per heavy atom. The van der Waals surface area contributed by atoms with E-state index in [1.165, 1.54) is 24.8 Å². The summed E-state index contributed by atoms with van der Waals surface area (Å²) in [5.74, 6) is 1.02. The van der Waals surface area contributed by atoms with Crippen molar-refractivity contribution in [1.82, 2.24) is 5.32 Å². The highest BCUT2D eigenvalue weighted by molar-refractivity contribution is 5.35. The quantitative estimate of drug-likeness (QED) is 0.830. The third-order valence-electron chi connectivity index (χ3n) is 3.89. The number of hydrogen-bond donors (Lipinski definition) is 1. The third kappa shape index (κ3) is 2.86. The molecule has 0 aliphatic carbocycles. The van der Waals surface area contributed by atoms with Gasteiger partial charge in [0, 0.05) is 12.0 Å². The van der Waals surface area contributed by atoms with Crippen molar-refractivity contribution in [1.29, 1.82) is 0 Å². The molecule has 0 aromatic heterocycles. The van der Waals surface area contributed by atoms with Gasteiger partial charge in [0.25, 0.3) is 0 Å². The van der Waals surface area contributed by atoms with Gasteiger partial charge in [0.1, 0.15) is 5.75 Å². The van der Waals surface area contributed by atoms with Crippen molar-refractivity contribution >= 4 is 0 Å². The second-order valence-electron chi connectivity index (χ2n) is 5.33. The second kappa shape index (κ2) is 6.24. The van der Waals surface area contributed by atoms with Crippen LogP contribution in [-0.2, 0) is 5.41 Å². The van der Waals surface area contributed by atoms with Gasteiger partial charge in [-0.1, -0.05) is 32.4 Å². The summed E-state index contributed by atoms with van der Waals surface area (Å²) < 4.78 is 5.76. The third-order valence-corrected chi connectivity index (χ3v) is 3.89. The van der Waals surface area contributed by atoms with Crippen molar-refractivity contribution in [3.05, 3.63) is 29.8 Å². The Balaban J connectivity index is 2.19. The molecule has 100 valence electrons. The molecule has 0 spiro atoms. The van der Waals surface area contributed by atoms with Crippen LogP contribution in [0.3, 0.4) is 0 Å². The predicted molar refractivity (Wildman–Crippen MR) is 76.3 cm³/mol. The van der Waals surface area contributed by atoms with Crippen molar-refractivity contribution in [2.24, 2.45) is 0 Å². The molecule has 0 unspecified atom stereocenters. The molecular formula is C16H25NO. The molecule has 0 radical (unpaired) electrons. The first-order chi connectivity index (χ1) is 8.80. The summed E-state index contributed by atoms with van der Waals surface area (Å²) in [4.78, 5) is 0. The van der Waals surface area contributed by atoms with Crippen LogP contribution in [0.4, 0.5) is 0 Å². The fraction of sp³-hybridized carbons (Fsp3) is 0.625. The van der Waals surface area contributed by atoms with Crippen LogP contribution >= 0.6 is 0 Å². The van der Waals surface area contributed by atoms with Gasteiger partial charge in [-0.2, -0.15) is 0 Å². The maximum atomic E-state index is 5.76. The molecule has 1 heterocycles. The van der Waals surface area contributed by atoms with Gasteiger partial charge in [0.2, 0.25) is 0 Å². The Morgan fingerprint density at radius 2 is 2.17 bits per heavy atom. The van der Waals surface area contributed by atoms with Crippen LogP contribution in [0.25, 0.3) is 0 Å². The Labute approximate surface area is 111 Å². The van der Waals surface area contributed by atoms with E-state index in [0.29, 0.717) is 5.41 Å². The summed E-state index contributed by atoms with van der Waals surface area (Å²) in [5.41, 5.74) is 1.78. The summed E-state index contributed by atoms with van der Waals surface area (Å²) >= 11 is 0. The van der Waals surface area contributed by atoms with Crippen LogP contribution in [0.15, 0.2) is 24.3 Å². The highest BCUT2D eigenvalue weighted by Crippen LogP contribution is 2.36. The Hall–Kier alpha value is -1.02. The molecule has 0 saturated carbocycles. The first kappa shape index (κ1) is 13.4. The smallest absolute Gasteiger partial charge is 0.119 e. The minimum absolute atomic E-state index is 0.334. The zero-order valence-electron chi connectivity index (χ0n) is 11.7. The highest BCUT2D eigenvalue weighted by atomic mass is 16.5. The van der Waals surface area contributed by atoms with Crippen LogP contribution in [0.5, 0.6) is 5.75 Å². The van der Waals surface area contributed by atoms with E-state index in [9.17, 15) is 0 Å². The summed E-state index contributed by atoms with van der Waals surface area (Å²) in [6.07, 6.45) is 4.81. The largest absolute Gasteiger partial charge is 0.494 e. The lowest BCUT2D eigenvalue weighted by Crippen LogP contribution is -2.28. The maximum absolute atomic E-state index is 5.76. The maximum Gasteiger partial charge on any atom is 0.119 e. The summed E-state index contributed by atoms with van der Waals surface area (Å²) in [6.45, 7) is 7.47. The van der Waals surface area contributed by atoms with Crippen LogP contribution < -0.4 is 10.1 Å². The molecular weight excluding hydrogens is 222 g/mol. The fourth-order valence-electron chi connectivity index (χ4n) is 2.96. The zero-order chi connectivity index (χ0) is 12.8. The standard InChI is InChI=1S/C16H25NO/c1-3-8-16(9-10-17-13-16)14-6-5-7-15(12-14)18-11-4-2/h5-7,12,17H,3-4,8-11,13H2,1-2H3/t16-/m0/s1. The van der Waals surface area contributed by atoms with Crippen molar-refractivity contribution in [2.45, 2.75) is 44.9 Å². The molecule has 2 heteroatoms. The molecule has 0 bridgehead atoms. The predicted octanol–water partition coefficient (Wildman–Crippen LogP) is 3.51. The lowest BCUT2D eigenvalue weighted by Gasteiger charge is -2.29. The average Bonchev–Trinajstić information content (AvgIpc) is 2.87. The molecule has 1 saturated heterocycles. The van der Waals surface area contributed by atoms with Gasteiger partial charge in [-0.3, -0.25) is 0 Å². The normalized spacial score (nSPS) is 23.2. The zero-order valence-corrected chi connectivity index (χ0v) is 11.7. The molecule has 1 aromatic rings. The lowest BCUT2D eigenvalue weighted by atomic mass is 9.76. The molecule has 0 amide bonds. The number of nitrogens with one attached hydrogen (secondary N) is 1. The van der Waals surface area contributed by atoms with Crippen molar-refractivity contribution < 1.29 is 4.74 Å². The van der Waals surface area contributed by atoms with Gasteiger partial charge in [0.15, 0.2) is 0 Å². The van der Waals surface area contributed by atoms with E-state index in [4.69, 9.17) is 4.74 Å². The van der Waals surface area contributed by atoms with Gasteiger partial charge in [-0.15, -0.1) is 0 Å². The number of hydrogen-bond acceptors (Lipinski definition) is 2. The van der Waals surface area contributed by atoms with Gasteiger partial charge in [-0.25, -0.2) is 0 Å². The minimum atomic E-state index is 0.334. The lowest BCUT2D eigenvalue weighted by molar-refractivity contribution is 0.315. The Morgan fingerprint density at radius 3 is 2.83 bits per heavy atom. The number of benzene rings is 1. The second-order valence-corrected chi connectivity index (χ2v) is 5.33. The molecule has 2 nitrogen and oxygen atoms in total. The molecule has 1 aromatic carbocycles. The summed E-state index contributed by atoms with van der Waals surface area (Å²) in [5, 5.41) is 3.52. The van der Waals surface area contributed by atoms with E-state index in [-0.39, 0.29) is 0 Å². The van der Waals surface area contributed by atoms with E-state index < -0.39 is 0 Å². The molecule has 1 aliphatic heterocycles. The molecule has 18 heavy (non-hydrogen) atoms. The highest BCUT2D eigenvalue weighted by Gasteiger charge is 2.34. The van der Waals surface area contributed by atoms with Gasteiger partial charge < -0.3 is 10.1 Å². The summed E-state index contributed by atoms with van der Waals surface area (Å²) in [7, 11) is 0. The molecule has 1 N–H and O–H groups in total. The average molecular weight is 247 g/mol. The first-order valence-corrected chi connectivity index (χ1v) is 7.25.